The topological polar surface area (TPSA) is 651 Å². The molecule has 44 nitrogen and oxygen atoms in total. The summed E-state index contributed by atoms with van der Waals surface area (Å²) in [4.78, 5) is 58.7. The van der Waals surface area contributed by atoms with Crippen molar-refractivity contribution in [2.45, 2.75) is 237 Å². The monoisotopic (exact) mass is 2060 g/mol. The van der Waals surface area contributed by atoms with E-state index in [1.54, 1.807) is 63.2 Å². The van der Waals surface area contributed by atoms with Crippen molar-refractivity contribution in [3.8, 4) is 0 Å². The average Bonchev–Trinajstić information content (AvgIpc) is 0.827. The van der Waals surface area contributed by atoms with E-state index in [-0.39, 0.29) is 12.1 Å². The first-order valence-electron chi connectivity index (χ1n) is 43.6. The Morgan fingerprint density at radius 3 is 0.460 bits per heavy atom. The molecule has 0 heterocycles. The number of aliphatic hydroxyl groups is 2. The van der Waals surface area contributed by atoms with Crippen molar-refractivity contribution in [3.63, 3.8) is 0 Å². The molecule has 1 unspecified atom stereocenters. The fourth-order valence-corrected chi connectivity index (χ4v) is 35.9. The summed E-state index contributed by atoms with van der Waals surface area (Å²) in [6, 6.07) is 4.60. The number of hydrogen-bond acceptors (Lipinski definition) is 43. The zero-order valence-electron chi connectivity index (χ0n) is 84.0. The first kappa shape index (κ1) is 152. The molecule has 1 atom stereocenters. The highest BCUT2D eigenvalue weighted by Crippen LogP contribution is 2.28. The fraction of sp³-hybridized carbons (Fsp3) is 1.00. The molecule has 0 saturated heterocycles. The normalized spacial score (nSPS) is 12.4. The third-order valence-electron chi connectivity index (χ3n) is 15.4. The van der Waals surface area contributed by atoms with Crippen LogP contribution in [0, 0.1) is 0 Å². The molecule has 0 amide bonds. The van der Waals surface area contributed by atoms with Crippen LogP contribution in [0.2, 0.25) is 74.5 Å². The van der Waals surface area contributed by atoms with Gasteiger partial charge in [0.05, 0.1) is 0 Å². The predicted octanol–water partition coefficient (Wildman–Crippen LogP) is 3.61. The molecule has 26 N–H and O–H groups in total. The zero-order chi connectivity index (χ0) is 99.4. The van der Waals surface area contributed by atoms with Crippen molar-refractivity contribution < 1.29 is 163 Å². The molecule has 0 fully saturated rings. The Morgan fingerprint density at radius 2 is 0.341 bits per heavy atom. The van der Waals surface area contributed by atoms with Gasteiger partial charge < -0.3 is 209 Å². The van der Waals surface area contributed by atoms with Crippen LogP contribution in [0.3, 0.4) is 0 Å². The second kappa shape index (κ2) is 100. The molecule has 0 aromatic heterocycles. The van der Waals surface area contributed by atoms with Crippen LogP contribution in [0.5, 0.6) is 0 Å². The maximum atomic E-state index is 10.7. The quantitative estimate of drug-likeness (QED) is 0.0387. The summed E-state index contributed by atoms with van der Waals surface area (Å²) in [7, 11) is -18.5. The number of hydrogen-bond donors (Lipinski definition) is 16. The molecule has 0 rings (SSSR count). The number of nitrogens with two attached hydrogens (primary N) is 8. The Hall–Kier alpha value is 0.843. The number of rotatable bonds is 69. The summed E-state index contributed by atoms with van der Waals surface area (Å²) < 4.78 is 145. The Bertz CT molecular complexity index is 1940. The minimum atomic E-state index is -3.34. The lowest BCUT2D eigenvalue weighted by atomic mass is 10.5. The van der Waals surface area contributed by atoms with Gasteiger partial charge in [0.1, 0.15) is 0 Å². The highest BCUT2D eigenvalue weighted by Gasteiger charge is 2.53. The highest BCUT2D eigenvalue weighted by atomic mass is 28.5. The minimum Gasteiger partial charge on any atom is -0.412 e. The molecule has 126 heavy (non-hydrogen) atoms. The summed E-state index contributed by atoms with van der Waals surface area (Å²) in [6.07, 6.45) is 5.97. The van der Waals surface area contributed by atoms with Crippen molar-refractivity contribution >= 4 is 106 Å². The van der Waals surface area contributed by atoms with Crippen LogP contribution in [-0.4, -0.2) is 379 Å². The van der Waals surface area contributed by atoms with Gasteiger partial charge in [-0.2, -0.15) is 0 Å². The van der Waals surface area contributed by atoms with E-state index in [1.807, 2.05) is 123 Å². The molecule has 0 aromatic rings. The van der Waals surface area contributed by atoms with Crippen molar-refractivity contribution in [1.29, 1.82) is 0 Å². The number of aliphatic hydroxyl groups excluding tert-OH is 2. The molecule has 0 bridgehead atoms. The fourth-order valence-electron chi connectivity index (χ4n) is 9.19. The van der Waals surface area contributed by atoms with E-state index >= 15 is 0 Å². The molecular weight excluding hydrogens is 1870 g/mol. The molecule has 0 aromatic carbocycles. The molecule has 0 radical (unpaired) electrons. The second-order valence-electron chi connectivity index (χ2n) is 25.2. The van der Waals surface area contributed by atoms with Gasteiger partial charge in [0.2, 0.25) is 0 Å². The van der Waals surface area contributed by atoms with Gasteiger partial charge in [0, 0.05) is 251 Å². The second-order valence-corrected chi connectivity index (χ2v) is 57.8. The molecule has 0 saturated carbocycles. The third-order valence-corrected chi connectivity index (χ3v) is 48.9. The standard InChI is InChI=1S/C12H32N2O5Si2.2C10H27NO5Si2.4C7H19NO3Si.C4H12O3Si.C3H10O3Si.C2H6O.CH4O.H2O/c1-4-16-20(15,11-7-9-13)19-21(17-5-2,18-6-3)12-8-10-14;2*1-6-14-18(15-7-2,10-8-9-11)16-17(5,12-3)13-4;4*1-3-10-12(9,11-4-2)7-5-6-8;1-5-8(4,6-2)7-3;1-5-7(3,4)6-2;1-2-3;1-2;/h15H,4-14H2,1-3H3;2*6-11H2,1-5H3;4*9H,3-8H2,1-2H3;1-4H3;4H,1-3H3;3H,2H2,1H3;2H,1H3;1H2. The zero-order valence-corrected chi connectivity index (χ0v) is 96.0. The Balaban J connectivity index is -0.000000117. The molecular formula is C70H196N8O36Si12. The van der Waals surface area contributed by atoms with Gasteiger partial charge >= 0.3 is 106 Å². The Kier molecular flexibility index (Phi) is 121. The molecule has 56 heteroatoms. The highest BCUT2D eigenvalue weighted by molar-refractivity contribution is 6.75. The summed E-state index contributed by atoms with van der Waals surface area (Å²) >= 11 is 0. The summed E-state index contributed by atoms with van der Waals surface area (Å²) in [6.45, 7) is 48.8. The third kappa shape index (κ3) is 90.0. The van der Waals surface area contributed by atoms with E-state index in [0.29, 0.717) is 206 Å². The van der Waals surface area contributed by atoms with Gasteiger partial charge in [0.15, 0.2) is 0 Å². The van der Waals surface area contributed by atoms with E-state index in [1.165, 1.54) is 14.2 Å². The van der Waals surface area contributed by atoms with E-state index in [4.69, 9.17) is 171 Å². The molecule has 0 aliphatic heterocycles. The lowest BCUT2D eigenvalue weighted by Crippen LogP contribution is -2.57. The van der Waals surface area contributed by atoms with Crippen LogP contribution >= 0.6 is 0 Å². The molecule has 780 valence electrons. The molecule has 0 spiro atoms. The van der Waals surface area contributed by atoms with Crippen molar-refractivity contribution in [1.82, 2.24) is 0 Å². The van der Waals surface area contributed by atoms with E-state index < -0.39 is 106 Å². The van der Waals surface area contributed by atoms with Gasteiger partial charge in [-0.3, -0.25) is 0 Å². The van der Waals surface area contributed by atoms with Gasteiger partial charge in [-0.15, -0.1) is 0 Å². The van der Waals surface area contributed by atoms with Crippen molar-refractivity contribution in [2.24, 2.45) is 45.9 Å². The van der Waals surface area contributed by atoms with E-state index in [2.05, 4.69) is 8.85 Å². The first-order valence-corrected chi connectivity index (χ1v) is 68.2. The predicted molar refractivity (Wildman–Crippen MR) is 519 cm³/mol. The van der Waals surface area contributed by atoms with Crippen molar-refractivity contribution in [3.05, 3.63) is 0 Å². The summed E-state index contributed by atoms with van der Waals surface area (Å²) in [5, 5.41) is 14.6. The Morgan fingerprint density at radius 1 is 0.206 bits per heavy atom. The van der Waals surface area contributed by atoms with Crippen LogP contribution in [0.25, 0.3) is 0 Å². The molecule has 0 aliphatic carbocycles. The van der Waals surface area contributed by atoms with Gasteiger partial charge in [0.25, 0.3) is 0 Å². The van der Waals surface area contributed by atoms with Crippen LogP contribution in [0.15, 0.2) is 0 Å². The van der Waals surface area contributed by atoms with Crippen LogP contribution in [0.4, 0.5) is 0 Å². The lowest BCUT2D eigenvalue weighted by molar-refractivity contribution is 0.0658. The van der Waals surface area contributed by atoms with E-state index in [0.717, 1.165) is 52.1 Å². The molecule has 0 aliphatic rings. The first-order chi connectivity index (χ1) is 59.0. The van der Waals surface area contributed by atoms with Gasteiger partial charge in [-0.05, 0) is 215 Å². The maximum Gasteiger partial charge on any atom is 0.498 e. The van der Waals surface area contributed by atoms with Gasteiger partial charge in [-0.25, -0.2) is 0 Å². The van der Waals surface area contributed by atoms with E-state index in [9.17, 15) is 24.0 Å². The minimum absolute atomic E-state index is 0. The lowest BCUT2D eigenvalue weighted by Gasteiger charge is -2.35. The maximum absolute atomic E-state index is 10.7. The smallest absolute Gasteiger partial charge is 0.412 e. The van der Waals surface area contributed by atoms with Crippen LogP contribution in [0.1, 0.15) is 162 Å². The van der Waals surface area contributed by atoms with Crippen LogP contribution in [-0.2, 0) is 119 Å². The largest absolute Gasteiger partial charge is 0.498 e. The average molecular weight is 2060 g/mol. The summed E-state index contributed by atoms with van der Waals surface area (Å²) in [5.74, 6) is 0. The Labute approximate surface area is 776 Å². The SMILES string of the molecule is CCO.CCO[Si](CCCN)(OCC)O[Si](C)(OC)OC.CCO[Si](CCCN)(OCC)O[Si](C)(OC)OC.CCO[Si](O)(CCCN)OCC.CCO[Si](O)(CCCN)OCC.CCO[Si](O)(CCCN)OCC.CCO[Si](O)(CCCN)OCC.CCO[Si](O)(CCCN)O[Si](CCCN)(OCC)OCC.CO.CO[Si](C)(O)OC.CO[Si](C)(OC)OC.O. The van der Waals surface area contributed by atoms with Crippen molar-refractivity contribution in [2.75, 3.05) is 229 Å². The van der Waals surface area contributed by atoms with Gasteiger partial charge in [-0.1, -0.05) is 0 Å². The summed E-state index contributed by atoms with van der Waals surface area (Å²) in [5.41, 5.74) is 43.5. The van der Waals surface area contributed by atoms with Crippen LogP contribution < -0.4 is 45.9 Å².